The summed E-state index contributed by atoms with van der Waals surface area (Å²) in [6, 6.07) is 1.64. The number of fused-ring (bicyclic) bond motifs is 1. The maximum atomic E-state index is 14.9. The Bertz CT molecular complexity index is 1450. The number of carbonyl (C=O) groups is 2. The van der Waals surface area contributed by atoms with Crippen LogP contribution >= 0.6 is 11.6 Å². The summed E-state index contributed by atoms with van der Waals surface area (Å²) < 4.78 is 69.3. The van der Waals surface area contributed by atoms with Gasteiger partial charge < -0.3 is 5.32 Å². The van der Waals surface area contributed by atoms with Gasteiger partial charge in [-0.15, -0.1) is 0 Å². The van der Waals surface area contributed by atoms with E-state index < -0.39 is 57.9 Å². The molecule has 0 bridgehead atoms. The number of hydrogen-bond donors (Lipinski definition) is 1. The van der Waals surface area contributed by atoms with Gasteiger partial charge in [0.15, 0.2) is 11.5 Å². The van der Waals surface area contributed by atoms with Crippen molar-refractivity contribution in [2.45, 2.75) is 38.9 Å². The molecule has 196 valence electrons. The number of nitrogens with one attached hydrogen (secondary N) is 1. The summed E-state index contributed by atoms with van der Waals surface area (Å²) >= 11 is 6.10. The molecule has 1 fully saturated rings. The third kappa shape index (κ3) is 4.89. The van der Waals surface area contributed by atoms with Crippen molar-refractivity contribution in [3.05, 3.63) is 62.9 Å². The van der Waals surface area contributed by atoms with E-state index in [0.717, 1.165) is 16.8 Å². The van der Waals surface area contributed by atoms with E-state index in [1.54, 1.807) is 12.2 Å². The van der Waals surface area contributed by atoms with E-state index in [0.29, 0.717) is 19.0 Å². The fourth-order valence-corrected chi connectivity index (χ4v) is 4.43. The largest absolute Gasteiger partial charge is 0.408 e. The molecule has 0 radical (unpaired) electrons. The molecular weight excluding hydrogens is 523 g/mol. The highest BCUT2D eigenvalue weighted by atomic mass is 35.5. The minimum Gasteiger partial charge on any atom is -0.340 e. The number of anilines is 1. The highest BCUT2D eigenvalue weighted by Gasteiger charge is 2.40. The Kier molecular flexibility index (Phi) is 6.97. The molecule has 0 spiro atoms. The Morgan fingerprint density at radius 2 is 1.95 bits per heavy atom. The maximum absolute atomic E-state index is 14.9. The number of carbonyl (C=O) groups excluding carboxylic acids is 2. The Balaban J connectivity index is 1.96. The van der Waals surface area contributed by atoms with E-state index in [4.69, 9.17) is 11.6 Å². The van der Waals surface area contributed by atoms with Gasteiger partial charge in [0.05, 0.1) is 10.4 Å². The van der Waals surface area contributed by atoms with Gasteiger partial charge in [-0.1, -0.05) is 25.4 Å². The first kappa shape index (κ1) is 26.5. The van der Waals surface area contributed by atoms with Gasteiger partial charge in [0.25, 0.3) is 5.91 Å². The molecule has 1 unspecified atom stereocenters. The fraction of sp³-hybridized carbons (Fsp3) is 0.333. The Morgan fingerprint density at radius 1 is 1.24 bits per heavy atom. The van der Waals surface area contributed by atoms with Crippen LogP contribution in [-0.2, 0) is 4.79 Å². The third-order valence-corrected chi connectivity index (χ3v) is 6.45. The van der Waals surface area contributed by atoms with E-state index in [9.17, 15) is 36.3 Å². The molecule has 1 aliphatic rings. The fourth-order valence-electron chi connectivity index (χ4n) is 4.14. The third-order valence-electron chi connectivity index (χ3n) is 6.16. The average molecular weight is 543 g/mol. The molecule has 2 aromatic heterocycles. The number of alkyl halides is 3. The van der Waals surface area contributed by atoms with Crippen molar-refractivity contribution in [1.82, 2.24) is 14.9 Å². The van der Waals surface area contributed by atoms with Crippen molar-refractivity contribution < 1.29 is 31.5 Å². The van der Waals surface area contributed by atoms with Crippen molar-refractivity contribution in [1.29, 1.82) is 0 Å². The molecule has 13 heteroatoms. The van der Waals surface area contributed by atoms with E-state index in [1.807, 2.05) is 0 Å². The normalized spacial score (nSPS) is 16.9. The lowest BCUT2D eigenvalue weighted by atomic mass is 10.1. The number of benzene rings is 1. The summed E-state index contributed by atoms with van der Waals surface area (Å²) in [7, 11) is 0. The quantitative estimate of drug-likeness (QED) is 0.471. The second-order valence-electron chi connectivity index (χ2n) is 8.66. The standard InChI is InChI=1S/C24H20ClF5N4O3/c1-3-17(24(28,29)30)31-22(36)14-10-34(19-15(25)8-12(26)9-16(19)27)21-13(20(14)35)4-5-18(32-21)33-7-6-11(2)23(33)37/h4-5,8-11,17H,3,6-7H2,1-2H3,(H,31,36)/t11?,17-/m0/s1. The molecule has 0 aliphatic carbocycles. The molecule has 3 heterocycles. The summed E-state index contributed by atoms with van der Waals surface area (Å²) in [5.41, 5.74) is -2.44. The molecule has 4 rings (SSSR count). The van der Waals surface area contributed by atoms with Crippen LogP contribution in [-0.4, -0.2) is 40.1 Å². The van der Waals surface area contributed by atoms with Gasteiger partial charge >= 0.3 is 6.18 Å². The van der Waals surface area contributed by atoms with Gasteiger partial charge in [-0.25, -0.2) is 13.8 Å². The highest BCUT2D eigenvalue weighted by Crippen LogP contribution is 2.30. The van der Waals surface area contributed by atoms with Crippen LogP contribution in [0.4, 0.5) is 27.8 Å². The zero-order chi connectivity index (χ0) is 27.2. The van der Waals surface area contributed by atoms with E-state index in [1.165, 1.54) is 24.0 Å². The number of hydrogen-bond acceptors (Lipinski definition) is 4. The second-order valence-corrected chi connectivity index (χ2v) is 9.06. The van der Waals surface area contributed by atoms with Crippen LogP contribution in [0.25, 0.3) is 16.7 Å². The number of pyridine rings is 2. The minimum absolute atomic E-state index is 0.133. The van der Waals surface area contributed by atoms with Crippen molar-refractivity contribution in [2.75, 3.05) is 11.4 Å². The lowest BCUT2D eigenvalue weighted by molar-refractivity contribution is -0.153. The van der Waals surface area contributed by atoms with Gasteiger partial charge in [0, 0.05) is 24.7 Å². The van der Waals surface area contributed by atoms with Crippen LogP contribution in [0.2, 0.25) is 5.02 Å². The predicted molar refractivity (Wildman–Crippen MR) is 126 cm³/mol. The van der Waals surface area contributed by atoms with Crippen molar-refractivity contribution in [2.24, 2.45) is 5.92 Å². The van der Waals surface area contributed by atoms with Gasteiger partial charge in [-0.05, 0) is 31.0 Å². The van der Waals surface area contributed by atoms with E-state index in [-0.39, 0.29) is 28.7 Å². The monoisotopic (exact) mass is 542 g/mol. The summed E-state index contributed by atoms with van der Waals surface area (Å²) in [6.07, 6.45) is -3.91. The minimum atomic E-state index is -4.78. The molecule has 1 aliphatic heterocycles. The molecule has 1 N–H and O–H groups in total. The second kappa shape index (κ2) is 9.73. The van der Waals surface area contributed by atoms with Crippen LogP contribution in [0.15, 0.2) is 35.3 Å². The molecule has 0 saturated carbocycles. The van der Waals surface area contributed by atoms with Gasteiger partial charge in [0.2, 0.25) is 11.3 Å². The zero-order valence-electron chi connectivity index (χ0n) is 19.5. The summed E-state index contributed by atoms with van der Waals surface area (Å²) in [5.74, 6) is -3.89. The Labute approximate surface area is 211 Å². The smallest absolute Gasteiger partial charge is 0.340 e. The van der Waals surface area contributed by atoms with Crippen LogP contribution in [0.1, 0.15) is 37.0 Å². The number of nitrogens with zero attached hydrogens (tertiary/aromatic N) is 3. The van der Waals surface area contributed by atoms with E-state index >= 15 is 0 Å². The number of aromatic nitrogens is 2. The number of amides is 2. The molecule has 1 saturated heterocycles. The Morgan fingerprint density at radius 3 is 2.51 bits per heavy atom. The summed E-state index contributed by atoms with van der Waals surface area (Å²) in [5, 5.41) is 1.07. The first-order valence-electron chi connectivity index (χ1n) is 11.2. The molecule has 37 heavy (non-hydrogen) atoms. The lowest BCUT2D eigenvalue weighted by Crippen LogP contribution is -2.46. The van der Waals surface area contributed by atoms with Crippen molar-refractivity contribution in [3.8, 4) is 5.69 Å². The van der Waals surface area contributed by atoms with Gasteiger partial charge in [-0.3, -0.25) is 23.9 Å². The van der Waals surface area contributed by atoms with Crippen LogP contribution in [0, 0.1) is 17.6 Å². The highest BCUT2D eigenvalue weighted by molar-refractivity contribution is 6.32. The SMILES string of the molecule is CC[C@H](NC(=O)c1cn(-c2c(F)cc(F)cc2Cl)c2nc(N3CCC(C)C3=O)ccc2c1=O)C(F)(F)F. The van der Waals surface area contributed by atoms with Crippen LogP contribution in [0.3, 0.4) is 0 Å². The maximum Gasteiger partial charge on any atom is 0.408 e. The first-order chi connectivity index (χ1) is 17.3. The van der Waals surface area contributed by atoms with Crippen molar-refractivity contribution in [3.63, 3.8) is 0 Å². The van der Waals surface area contributed by atoms with Gasteiger partial charge in [-0.2, -0.15) is 13.2 Å². The zero-order valence-corrected chi connectivity index (χ0v) is 20.3. The molecule has 2 amide bonds. The van der Waals surface area contributed by atoms with Crippen LogP contribution < -0.4 is 15.6 Å². The number of rotatable bonds is 5. The summed E-state index contributed by atoms with van der Waals surface area (Å²) in [4.78, 5) is 44.2. The number of halogens is 6. The molecule has 2 atom stereocenters. The van der Waals surface area contributed by atoms with E-state index in [2.05, 4.69) is 4.98 Å². The van der Waals surface area contributed by atoms with Crippen LogP contribution in [0.5, 0.6) is 0 Å². The lowest BCUT2D eigenvalue weighted by Gasteiger charge is -2.21. The Hall–Kier alpha value is -3.54. The topological polar surface area (TPSA) is 84.3 Å². The predicted octanol–water partition coefficient (Wildman–Crippen LogP) is 4.76. The van der Waals surface area contributed by atoms with Gasteiger partial charge in [0.1, 0.15) is 28.9 Å². The summed E-state index contributed by atoms with van der Waals surface area (Å²) in [6.45, 7) is 3.28. The van der Waals surface area contributed by atoms with Crippen molar-refractivity contribution >= 4 is 40.3 Å². The molecule has 3 aromatic rings. The molecule has 1 aromatic carbocycles. The first-order valence-corrected chi connectivity index (χ1v) is 11.6. The average Bonchev–Trinajstić information content (AvgIpc) is 3.15. The molecule has 7 nitrogen and oxygen atoms in total. The molecular formula is C24H20ClF5N4O3.